The molecule has 11 atom stereocenters. The molecule has 6 aliphatic rings. The average Bonchev–Trinajstić information content (AvgIpc) is 3.71. The third-order valence-corrected chi connectivity index (χ3v) is 11.0. The second kappa shape index (κ2) is 6.40. The summed E-state index contributed by atoms with van der Waals surface area (Å²) in [5.41, 5.74) is 0.917. The second-order valence-electron chi connectivity index (χ2n) is 12.1. The lowest BCUT2D eigenvalue weighted by atomic mass is 9.48. The Morgan fingerprint density at radius 3 is 2.76 bits per heavy atom. The summed E-state index contributed by atoms with van der Waals surface area (Å²) in [5, 5.41) is 21.9. The normalized spacial score (nSPS) is 53.1. The first kappa shape index (κ1) is 21.7. The van der Waals surface area contributed by atoms with Crippen LogP contribution in [0.2, 0.25) is 0 Å². The van der Waals surface area contributed by atoms with E-state index in [2.05, 4.69) is 32.0 Å². The number of hydrogen-bond donors (Lipinski definition) is 2. The maximum absolute atomic E-state index is 13.2. The van der Waals surface area contributed by atoms with Crippen LogP contribution in [0.5, 0.6) is 0 Å². The van der Waals surface area contributed by atoms with E-state index in [0.717, 1.165) is 12.8 Å². The molecule has 3 aliphatic carbocycles. The van der Waals surface area contributed by atoms with E-state index < -0.39 is 28.5 Å². The molecular weight excluding hydrogens is 432 g/mol. The number of carbonyl (C=O) groups excluding carboxylic acids is 1. The van der Waals surface area contributed by atoms with Gasteiger partial charge in [-0.2, -0.15) is 0 Å². The molecule has 1 aromatic rings. The fourth-order valence-corrected chi connectivity index (χ4v) is 8.37. The summed E-state index contributed by atoms with van der Waals surface area (Å²) in [6.45, 7) is 8.69. The largest absolute Gasteiger partial charge is 0.386 e. The summed E-state index contributed by atoms with van der Waals surface area (Å²) in [5.74, 6) is 0.619. The zero-order chi connectivity index (χ0) is 23.8. The van der Waals surface area contributed by atoms with Crippen LogP contribution in [0.4, 0.5) is 0 Å². The molecule has 3 aliphatic heterocycles. The number of allylic oxidation sites excluding steroid dienone is 1. The van der Waals surface area contributed by atoms with Gasteiger partial charge in [0.2, 0.25) is 0 Å². The summed E-state index contributed by atoms with van der Waals surface area (Å²) in [7, 11) is 0. The number of ether oxygens (including phenoxy) is 3. The van der Waals surface area contributed by atoms with E-state index >= 15 is 0 Å². The molecule has 2 N–H and O–H groups in total. The van der Waals surface area contributed by atoms with Crippen LogP contribution in [0, 0.1) is 17.3 Å². The number of rotatable bonds is 2. The average molecular weight is 467 g/mol. The topological polar surface area (TPSA) is 91.8 Å². The minimum Gasteiger partial charge on any atom is -0.386 e. The number of epoxide rings is 2. The molecule has 0 bridgehead atoms. The van der Waals surface area contributed by atoms with Crippen LogP contribution >= 0.6 is 0 Å². The van der Waals surface area contributed by atoms with Gasteiger partial charge >= 0.3 is 0 Å². The molecule has 0 amide bonds. The van der Waals surface area contributed by atoms with Crippen molar-refractivity contribution in [1.82, 2.24) is 0 Å². The minimum absolute atomic E-state index is 0.0163. The molecule has 1 aromatic carbocycles. The predicted molar refractivity (Wildman–Crippen MR) is 123 cm³/mol. The number of benzene rings is 1. The second-order valence-corrected chi connectivity index (χ2v) is 12.1. The van der Waals surface area contributed by atoms with Crippen LogP contribution < -0.4 is 0 Å². The van der Waals surface area contributed by atoms with E-state index in [9.17, 15) is 15.0 Å². The quantitative estimate of drug-likeness (QED) is 0.651. The molecule has 3 saturated heterocycles. The van der Waals surface area contributed by atoms with Crippen molar-refractivity contribution in [3.8, 4) is 0 Å². The summed E-state index contributed by atoms with van der Waals surface area (Å²) in [6, 6.07) is 6.78. The van der Waals surface area contributed by atoms with E-state index in [-0.39, 0.29) is 41.7 Å². The zero-order valence-electron chi connectivity index (χ0n) is 20.3. The predicted octanol–water partition coefficient (Wildman–Crippen LogP) is 3.00. The maximum atomic E-state index is 13.2. The van der Waals surface area contributed by atoms with Crippen molar-refractivity contribution in [3.05, 3.63) is 47.0 Å². The number of fused-ring (bicyclic) bond motifs is 9. The van der Waals surface area contributed by atoms with Gasteiger partial charge in [0.05, 0.1) is 18.1 Å². The monoisotopic (exact) mass is 466 g/mol. The lowest BCUT2D eigenvalue weighted by Crippen LogP contribution is -2.65. The Labute approximate surface area is 200 Å². The van der Waals surface area contributed by atoms with Crippen LogP contribution in [-0.2, 0) is 25.4 Å². The van der Waals surface area contributed by atoms with E-state index in [4.69, 9.17) is 14.2 Å². The number of carbonyl (C=O) groups is 1. The van der Waals surface area contributed by atoms with Crippen LogP contribution in [-0.4, -0.2) is 57.9 Å². The lowest BCUT2D eigenvalue weighted by molar-refractivity contribution is -0.164. The Balaban J connectivity index is 1.22. The molecule has 6 heteroatoms. The fourth-order valence-electron chi connectivity index (χ4n) is 8.37. The van der Waals surface area contributed by atoms with Crippen molar-refractivity contribution in [2.45, 2.75) is 94.1 Å². The molecule has 0 spiro atoms. The lowest BCUT2D eigenvalue weighted by Gasteiger charge is -2.55. The van der Waals surface area contributed by atoms with E-state index in [0.29, 0.717) is 13.0 Å². The summed E-state index contributed by atoms with van der Waals surface area (Å²) >= 11 is 0. The Hall–Kier alpha value is -1.57. The van der Waals surface area contributed by atoms with Crippen LogP contribution in [0.25, 0.3) is 0 Å². The summed E-state index contributed by atoms with van der Waals surface area (Å²) in [6.07, 6.45) is 4.57. The van der Waals surface area contributed by atoms with Crippen molar-refractivity contribution in [2.75, 3.05) is 6.61 Å². The van der Waals surface area contributed by atoms with Crippen LogP contribution in [0.15, 0.2) is 30.4 Å². The molecule has 3 heterocycles. The van der Waals surface area contributed by atoms with E-state index in [1.807, 2.05) is 19.9 Å². The first-order valence-corrected chi connectivity index (χ1v) is 12.8. The number of aryl methyl sites for hydroxylation is 1. The van der Waals surface area contributed by atoms with Crippen LogP contribution in [0.1, 0.15) is 69.1 Å². The Bertz CT molecular complexity index is 1130. The van der Waals surface area contributed by atoms with Gasteiger partial charge in [0.1, 0.15) is 22.9 Å². The Kier molecular flexibility index (Phi) is 4.08. The number of aliphatic hydroxyl groups excluding tert-OH is 1. The van der Waals surface area contributed by atoms with Gasteiger partial charge in [-0.3, -0.25) is 4.79 Å². The van der Waals surface area contributed by atoms with Gasteiger partial charge in [-0.25, -0.2) is 0 Å². The molecule has 6 nitrogen and oxygen atoms in total. The molecular formula is C28H34O6. The van der Waals surface area contributed by atoms with Gasteiger partial charge in [0.25, 0.3) is 0 Å². The van der Waals surface area contributed by atoms with Gasteiger partial charge in [-0.1, -0.05) is 31.2 Å². The summed E-state index contributed by atoms with van der Waals surface area (Å²) in [4.78, 5) is 13.2. The van der Waals surface area contributed by atoms with Crippen molar-refractivity contribution in [1.29, 1.82) is 0 Å². The zero-order valence-corrected chi connectivity index (χ0v) is 20.3. The van der Waals surface area contributed by atoms with Gasteiger partial charge in [-0.05, 0) is 74.6 Å². The SMILES string of the molecule is C[C@@H](c1ccc2c(c1)CC[C@H]1[C@H]2[C@@H]2O[C@@H]2[C@@]2(O)CC=CC(=O)[C@]12C)[C@@H]1CO[C@@H](O)[C@@]2(C)O[C@@]12C. The van der Waals surface area contributed by atoms with Crippen molar-refractivity contribution < 1.29 is 29.2 Å². The fraction of sp³-hybridized carbons (Fsp3) is 0.679. The third kappa shape index (κ3) is 2.33. The Morgan fingerprint density at radius 2 is 1.97 bits per heavy atom. The Morgan fingerprint density at radius 1 is 1.18 bits per heavy atom. The molecule has 182 valence electrons. The third-order valence-electron chi connectivity index (χ3n) is 11.0. The van der Waals surface area contributed by atoms with Crippen molar-refractivity contribution in [3.63, 3.8) is 0 Å². The maximum Gasteiger partial charge on any atom is 0.186 e. The number of hydrogen-bond acceptors (Lipinski definition) is 6. The highest BCUT2D eigenvalue weighted by atomic mass is 16.7. The smallest absolute Gasteiger partial charge is 0.186 e. The molecule has 1 saturated carbocycles. The molecule has 7 rings (SSSR count). The molecule has 0 aromatic heterocycles. The van der Waals surface area contributed by atoms with Gasteiger partial charge in [0.15, 0.2) is 12.1 Å². The van der Waals surface area contributed by atoms with Crippen molar-refractivity contribution >= 4 is 5.78 Å². The number of aliphatic hydroxyl groups is 2. The number of ketones is 1. The first-order chi connectivity index (χ1) is 16.1. The molecule has 4 fully saturated rings. The van der Waals surface area contributed by atoms with Gasteiger partial charge in [0, 0.05) is 11.8 Å². The highest BCUT2D eigenvalue weighted by molar-refractivity contribution is 5.97. The van der Waals surface area contributed by atoms with E-state index in [1.54, 1.807) is 6.08 Å². The summed E-state index contributed by atoms with van der Waals surface area (Å²) < 4.78 is 17.9. The highest BCUT2D eigenvalue weighted by Crippen LogP contribution is 2.66. The standard InChI is InChI=1S/C28H34O6/c1-14(19-13-32-24(30)27(4)26(19,3)34-27)15-7-9-17-16(12-15)8-10-18-21(17)22-23(33-22)28(31)11-5-6-20(29)25(18,28)2/h5-7,9,12,14,18-19,21-24,30-31H,8,10-11,13H2,1-4H3/t14-,18-,19-,21-,22-,23-,24+,25-,26-,27+,28-/m0/s1. The molecule has 34 heavy (non-hydrogen) atoms. The highest BCUT2D eigenvalue weighted by Gasteiger charge is 2.76. The van der Waals surface area contributed by atoms with E-state index in [1.165, 1.54) is 16.7 Å². The van der Waals surface area contributed by atoms with Gasteiger partial charge < -0.3 is 24.4 Å². The van der Waals surface area contributed by atoms with Crippen LogP contribution in [0.3, 0.4) is 0 Å². The van der Waals surface area contributed by atoms with Crippen molar-refractivity contribution in [2.24, 2.45) is 17.3 Å². The van der Waals surface area contributed by atoms with Gasteiger partial charge in [-0.15, -0.1) is 0 Å². The first-order valence-electron chi connectivity index (χ1n) is 12.8. The minimum atomic E-state index is -1.10. The molecule has 0 radical (unpaired) electrons. The molecule has 0 unspecified atom stereocenters.